The van der Waals surface area contributed by atoms with Crippen LogP contribution < -0.4 is 10.1 Å². The molecule has 17 heavy (non-hydrogen) atoms. The topological polar surface area (TPSA) is 47.3 Å². The number of aromatic nitrogens is 1. The predicted octanol–water partition coefficient (Wildman–Crippen LogP) is 3.34. The van der Waals surface area contributed by atoms with Gasteiger partial charge in [0.1, 0.15) is 12.0 Å². The highest BCUT2D eigenvalue weighted by atomic mass is 79.9. The average Bonchev–Trinajstić information content (AvgIpc) is 2.77. The molecule has 2 aromatic rings. The van der Waals surface area contributed by atoms with Gasteiger partial charge in [0.15, 0.2) is 0 Å². The summed E-state index contributed by atoms with van der Waals surface area (Å²) in [6.45, 7) is 3.62. The monoisotopic (exact) mass is 296 g/mol. The van der Waals surface area contributed by atoms with Crippen molar-refractivity contribution in [2.45, 2.75) is 13.5 Å². The lowest BCUT2D eigenvalue weighted by Crippen LogP contribution is -2.11. The van der Waals surface area contributed by atoms with Crippen molar-refractivity contribution < 1.29 is 9.15 Å². The normalized spacial score (nSPS) is 10.5. The fraction of sp³-hybridized carbons (Fsp3) is 0.250. The second-order valence-corrected chi connectivity index (χ2v) is 4.36. The van der Waals surface area contributed by atoms with Crippen molar-refractivity contribution in [3.05, 3.63) is 40.7 Å². The van der Waals surface area contributed by atoms with Gasteiger partial charge in [-0.3, -0.25) is 0 Å². The number of rotatable bonds is 5. The van der Waals surface area contributed by atoms with E-state index in [9.17, 15) is 0 Å². The van der Waals surface area contributed by atoms with Crippen LogP contribution in [0.5, 0.6) is 11.8 Å². The van der Waals surface area contributed by atoms with Crippen LogP contribution in [0.1, 0.15) is 12.6 Å². The van der Waals surface area contributed by atoms with E-state index in [4.69, 9.17) is 9.15 Å². The minimum atomic E-state index is 0.264. The van der Waals surface area contributed by atoms with E-state index in [1.54, 1.807) is 6.26 Å². The van der Waals surface area contributed by atoms with Crippen LogP contribution in [0.3, 0.4) is 0 Å². The van der Waals surface area contributed by atoms with Crippen molar-refractivity contribution in [3.8, 4) is 11.8 Å². The van der Waals surface area contributed by atoms with Gasteiger partial charge >= 0.3 is 6.08 Å². The molecule has 0 fully saturated rings. The number of ether oxygens (including phenoxy) is 1. The summed E-state index contributed by atoms with van der Waals surface area (Å²) in [4.78, 5) is 4.20. The molecule has 1 heterocycles. The van der Waals surface area contributed by atoms with Gasteiger partial charge in [0.25, 0.3) is 0 Å². The molecule has 1 aromatic carbocycles. The molecule has 0 unspecified atom stereocenters. The van der Waals surface area contributed by atoms with Crippen molar-refractivity contribution in [2.75, 3.05) is 6.54 Å². The summed E-state index contributed by atoms with van der Waals surface area (Å²) in [5.41, 5.74) is 0.832. The first-order valence-corrected chi connectivity index (χ1v) is 6.16. The highest BCUT2D eigenvalue weighted by Crippen LogP contribution is 2.22. The van der Waals surface area contributed by atoms with Gasteiger partial charge in [-0.05, 0) is 30.8 Å². The van der Waals surface area contributed by atoms with Crippen LogP contribution in [0.25, 0.3) is 0 Å². The van der Waals surface area contributed by atoms with Crippen molar-refractivity contribution in [3.63, 3.8) is 0 Å². The molecule has 4 nitrogen and oxygen atoms in total. The summed E-state index contributed by atoms with van der Waals surface area (Å²) in [6, 6.07) is 7.49. The van der Waals surface area contributed by atoms with E-state index in [0.717, 1.165) is 16.7 Å². The molecule has 1 N–H and O–H groups in total. The third kappa shape index (κ3) is 3.57. The molecule has 5 heteroatoms. The lowest BCUT2D eigenvalue weighted by molar-refractivity contribution is 0.330. The molecule has 0 aliphatic rings. The quantitative estimate of drug-likeness (QED) is 0.919. The highest BCUT2D eigenvalue weighted by molar-refractivity contribution is 9.10. The maximum atomic E-state index is 5.47. The zero-order chi connectivity index (χ0) is 12.1. The van der Waals surface area contributed by atoms with Crippen molar-refractivity contribution in [1.29, 1.82) is 0 Å². The largest absolute Gasteiger partial charge is 0.417 e. The Morgan fingerprint density at radius 2 is 2.12 bits per heavy atom. The fourth-order valence-corrected chi connectivity index (χ4v) is 1.54. The zero-order valence-corrected chi connectivity index (χ0v) is 11.0. The van der Waals surface area contributed by atoms with E-state index in [-0.39, 0.29) is 6.08 Å². The Labute approximate surface area is 108 Å². The first-order valence-electron chi connectivity index (χ1n) is 5.36. The molecule has 0 bridgehead atoms. The number of halogens is 1. The standard InChI is InChI=1S/C12H13BrN2O2/c1-2-14-7-10-8-16-12(15-10)17-11-5-3-9(13)4-6-11/h3-6,8,14H,2,7H2,1H3. The highest BCUT2D eigenvalue weighted by Gasteiger charge is 2.05. The van der Waals surface area contributed by atoms with E-state index in [1.165, 1.54) is 0 Å². The Kier molecular flexibility index (Phi) is 4.17. The molecule has 0 saturated heterocycles. The van der Waals surface area contributed by atoms with E-state index < -0.39 is 0 Å². The molecule has 0 aliphatic heterocycles. The summed E-state index contributed by atoms with van der Waals surface area (Å²) in [7, 11) is 0. The minimum Gasteiger partial charge on any atom is -0.417 e. The summed E-state index contributed by atoms with van der Waals surface area (Å²) in [5, 5.41) is 3.16. The predicted molar refractivity (Wildman–Crippen MR) is 68.1 cm³/mol. The van der Waals surface area contributed by atoms with Gasteiger partial charge < -0.3 is 14.5 Å². The molecule has 1 aromatic heterocycles. The van der Waals surface area contributed by atoms with Gasteiger partial charge in [0, 0.05) is 11.0 Å². The van der Waals surface area contributed by atoms with E-state index in [0.29, 0.717) is 12.3 Å². The first-order chi connectivity index (χ1) is 8.28. The van der Waals surface area contributed by atoms with E-state index >= 15 is 0 Å². The number of oxazole rings is 1. The first kappa shape index (κ1) is 12.1. The second-order valence-electron chi connectivity index (χ2n) is 3.44. The van der Waals surface area contributed by atoms with Gasteiger partial charge in [0.05, 0.1) is 5.69 Å². The number of hydrogen-bond donors (Lipinski definition) is 1. The van der Waals surface area contributed by atoms with Gasteiger partial charge in [-0.2, -0.15) is 4.98 Å². The lowest BCUT2D eigenvalue weighted by atomic mass is 10.3. The van der Waals surface area contributed by atoms with Crippen LogP contribution in [-0.4, -0.2) is 11.5 Å². The number of nitrogens with zero attached hydrogens (tertiary/aromatic N) is 1. The summed E-state index contributed by atoms with van der Waals surface area (Å²) >= 11 is 3.36. The van der Waals surface area contributed by atoms with Gasteiger partial charge in [-0.25, -0.2) is 0 Å². The third-order valence-electron chi connectivity index (χ3n) is 2.11. The fourth-order valence-electron chi connectivity index (χ4n) is 1.27. The van der Waals surface area contributed by atoms with Crippen molar-refractivity contribution in [1.82, 2.24) is 10.3 Å². The van der Waals surface area contributed by atoms with Crippen molar-refractivity contribution in [2.24, 2.45) is 0 Å². The molecule has 0 saturated carbocycles. The molecule has 0 atom stereocenters. The molecular formula is C12H13BrN2O2. The second kappa shape index (κ2) is 5.84. The van der Waals surface area contributed by atoms with E-state index in [1.807, 2.05) is 31.2 Å². The SMILES string of the molecule is CCNCc1coc(Oc2ccc(Br)cc2)n1. The number of hydrogen-bond acceptors (Lipinski definition) is 4. The molecule has 0 radical (unpaired) electrons. The Balaban J connectivity index is 1.98. The van der Waals surface area contributed by atoms with Gasteiger partial charge in [0.2, 0.25) is 0 Å². The molecule has 90 valence electrons. The molecule has 0 amide bonds. The Morgan fingerprint density at radius 3 is 2.82 bits per heavy atom. The number of benzene rings is 1. The lowest BCUT2D eigenvalue weighted by Gasteiger charge is -1.99. The van der Waals surface area contributed by atoms with Crippen LogP contribution in [0.4, 0.5) is 0 Å². The zero-order valence-electron chi connectivity index (χ0n) is 9.44. The van der Waals surface area contributed by atoms with Crippen LogP contribution in [0.2, 0.25) is 0 Å². The summed E-state index contributed by atoms with van der Waals surface area (Å²) in [6.07, 6.45) is 1.86. The third-order valence-corrected chi connectivity index (χ3v) is 2.63. The van der Waals surface area contributed by atoms with Crippen molar-refractivity contribution >= 4 is 15.9 Å². The average molecular weight is 297 g/mol. The molecule has 2 rings (SSSR count). The maximum absolute atomic E-state index is 5.47. The molecule has 0 spiro atoms. The maximum Gasteiger partial charge on any atom is 0.399 e. The Bertz CT molecular complexity index is 468. The van der Waals surface area contributed by atoms with Crippen LogP contribution in [0.15, 0.2) is 39.4 Å². The Morgan fingerprint density at radius 1 is 1.35 bits per heavy atom. The van der Waals surface area contributed by atoms with Crippen LogP contribution in [-0.2, 0) is 6.54 Å². The Hall–Kier alpha value is -1.33. The summed E-state index contributed by atoms with van der Waals surface area (Å²) in [5.74, 6) is 0.699. The minimum absolute atomic E-state index is 0.264. The molecule has 0 aliphatic carbocycles. The summed E-state index contributed by atoms with van der Waals surface area (Å²) < 4.78 is 11.7. The molecular weight excluding hydrogens is 284 g/mol. The van der Waals surface area contributed by atoms with Crippen LogP contribution >= 0.6 is 15.9 Å². The van der Waals surface area contributed by atoms with E-state index in [2.05, 4.69) is 26.2 Å². The smallest absolute Gasteiger partial charge is 0.399 e. The number of nitrogens with one attached hydrogen (secondary N) is 1. The van der Waals surface area contributed by atoms with Gasteiger partial charge in [-0.15, -0.1) is 0 Å². The van der Waals surface area contributed by atoms with Gasteiger partial charge in [-0.1, -0.05) is 22.9 Å². The van der Waals surface area contributed by atoms with Crippen LogP contribution in [0, 0.1) is 0 Å².